The maximum Gasteiger partial charge on any atom is 0.247 e. The monoisotopic (exact) mass is 459 g/mol. The number of fused-ring (bicyclic) bond motifs is 2. The molecular weight excluding hydrogens is 426 g/mol. The molecule has 178 valence electrons. The Morgan fingerprint density at radius 1 is 1.03 bits per heavy atom. The van der Waals surface area contributed by atoms with E-state index in [2.05, 4.69) is 11.0 Å². The van der Waals surface area contributed by atoms with Crippen LogP contribution in [0.2, 0.25) is 0 Å². The van der Waals surface area contributed by atoms with Gasteiger partial charge in [0.1, 0.15) is 17.1 Å². The number of ether oxygens (including phenoxy) is 2. The minimum absolute atomic E-state index is 0.124. The van der Waals surface area contributed by atoms with Crippen molar-refractivity contribution in [3.8, 4) is 22.6 Å². The quantitative estimate of drug-likeness (QED) is 0.398. The number of likely N-dealkylation sites (tertiary alicyclic amines) is 1. The standard InChI is InChI=1S/C29H33NO4/c1-19(15-29(31)30-14-6-8-21-7-4-5-9-26(21)30)23-16-24-25(18-34-28(24)17-27(23)33-3)20-10-12-22(32-2)13-11-20/h10-13,15-18,21,26H,4-9,14H2,1-3H3/b19-15+. The third-order valence-electron chi connectivity index (χ3n) is 7.59. The Labute approximate surface area is 201 Å². The fraction of sp³-hybridized carbons (Fsp3) is 0.414. The summed E-state index contributed by atoms with van der Waals surface area (Å²) in [6.07, 6.45) is 10.9. The van der Waals surface area contributed by atoms with Gasteiger partial charge in [-0.3, -0.25) is 4.79 Å². The molecule has 0 radical (unpaired) electrons. The number of rotatable bonds is 5. The Bertz CT molecular complexity index is 1200. The molecule has 2 heterocycles. The molecule has 1 amide bonds. The summed E-state index contributed by atoms with van der Waals surface area (Å²) in [7, 11) is 3.32. The van der Waals surface area contributed by atoms with Crippen LogP contribution in [0.3, 0.4) is 0 Å². The average molecular weight is 460 g/mol. The third-order valence-corrected chi connectivity index (χ3v) is 7.59. The molecule has 2 atom stereocenters. The molecule has 3 aromatic rings. The van der Waals surface area contributed by atoms with Crippen LogP contribution in [0.5, 0.6) is 11.5 Å². The van der Waals surface area contributed by atoms with Gasteiger partial charge in [-0.05, 0) is 67.9 Å². The number of furan rings is 1. The van der Waals surface area contributed by atoms with E-state index in [-0.39, 0.29) is 5.91 Å². The molecule has 0 spiro atoms. The normalized spacial score (nSPS) is 20.8. The first kappa shape index (κ1) is 22.6. The molecule has 5 rings (SSSR count). The van der Waals surface area contributed by atoms with Gasteiger partial charge in [0.15, 0.2) is 0 Å². The van der Waals surface area contributed by atoms with Gasteiger partial charge in [-0.1, -0.05) is 25.0 Å². The highest BCUT2D eigenvalue weighted by Gasteiger charge is 2.35. The summed E-state index contributed by atoms with van der Waals surface area (Å²) in [5.74, 6) is 2.32. The highest BCUT2D eigenvalue weighted by molar-refractivity contribution is 6.00. The van der Waals surface area contributed by atoms with E-state index in [1.54, 1.807) is 26.6 Å². The molecule has 1 saturated carbocycles. The highest BCUT2D eigenvalue weighted by Crippen LogP contribution is 2.39. The lowest BCUT2D eigenvalue weighted by atomic mass is 9.78. The van der Waals surface area contributed by atoms with Crippen molar-refractivity contribution in [2.45, 2.75) is 51.5 Å². The van der Waals surface area contributed by atoms with Crippen LogP contribution in [0.15, 0.2) is 53.2 Å². The Balaban J connectivity index is 1.48. The van der Waals surface area contributed by atoms with Crippen LogP contribution in [0.1, 0.15) is 51.0 Å². The molecule has 0 bridgehead atoms. The molecular formula is C29H33NO4. The lowest BCUT2D eigenvalue weighted by molar-refractivity contribution is -0.132. The summed E-state index contributed by atoms with van der Waals surface area (Å²) in [5.41, 5.74) is 4.62. The summed E-state index contributed by atoms with van der Waals surface area (Å²) >= 11 is 0. The van der Waals surface area contributed by atoms with Crippen molar-refractivity contribution in [1.29, 1.82) is 0 Å². The van der Waals surface area contributed by atoms with Crippen LogP contribution >= 0.6 is 0 Å². The molecule has 1 aromatic heterocycles. The van der Waals surface area contributed by atoms with Crippen molar-refractivity contribution < 1.29 is 18.7 Å². The first-order valence-corrected chi connectivity index (χ1v) is 12.3. The van der Waals surface area contributed by atoms with Gasteiger partial charge in [0.05, 0.1) is 20.5 Å². The van der Waals surface area contributed by atoms with Crippen LogP contribution in [0.4, 0.5) is 0 Å². The summed E-state index contributed by atoms with van der Waals surface area (Å²) in [5, 5.41) is 0.992. The van der Waals surface area contributed by atoms with Crippen molar-refractivity contribution in [3.05, 3.63) is 54.3 Å². The molecule has 5 nitrogen and oxygen atoms in total. The zero-order valence-electron chi connectivity index (χ0n) is 20.3. The number of nitrogens with zero attached hydrogens (tertiary/aromatic N) is 1. The van der Waals surface area contributed by atoms with E-state index in [0.717, 1.165) is 58.4 Å². The number of carbonyl (C=O) groups is 1. The number of hydrogen-bond acceptors (Lipinski definition) is 4. The molecule has 2 aliphatic rings. The number of carbonyl (C=O) groups excluding carboxylic acids is 1. The maximum absolute atomic E-state index is 13.4. The maximum atomic E-state index is 13.4. The van der Waals surface area contributed by atoms with Crippen molar-refractivity contribution >= 4 is 22.4 Å². The molecule has 1 saturated heterocycles. The van der Waals surface area contributed by atoms with E-state index >= 15 is 0 Å². The number of amides is 1. The van der Waals surface area contributed by atoms with Crippen LogP contribution in [-0.2, 0) is 4.79 Å². The van der Waals surface area contributed by atoms with Crippen LogP contribution in [0.25, 0.3) is 27.7 Å². The number of allylic oxidation sites excluding steroid dienone is 1. The average Bonchev–Trinajstić information content (AvgIpc) is 3.30. The van der Waals surface area contributed by atoms with Crippen LogP contribution in [0, 0.1) is 5.92 Å². The number of piperidine rings is 1. The minimum atomic E-state index is 0.124. The van der Waals surface area contributed by atoms with Crippen molar-refractivity contribution in [2.24, 2.45) is 5.92 Å². The molecule has 2 unspecified atom stereocenters. The number of methoxy groups -OCH3 is 2. The van der Waals surface area contributed by atoms with Gasteiger partial charge in [0, 0.05) is 41.2 Å². The van der Waals surface area contributed by atoms with Gasteiger partial charge in [-0.2, -0.15) is 0 Å². The first-order valence-electron chi connectivity index (χ1n) is 12.3. The van der Waals surface area contributed by atoms with E-state index in [0.29, 0.717) is 17.7 Å². The SMILES string of the molecule is COc1ccc(-c2coc3cc(OC)c(/C(C)=C/C(=O)N4CCCC5CCCCC54)cc23)cc1. The van der Waals surface area contributed by atoms with Crippen molar-refractivity contribution in [2.75, 3.05) is 20.8 Å². The summed E-state index contributed by atoms with van der Waals surface area (Å²) < 4.78 is 16.8. The van der Waals surface area contributed by atoms with E-state index in [9.17, 15) is 4.79 Å². The molecule has 1 aliphatic carbocycles. The molecule has 1 aliphatic heterocycles. The van der Waals surface area contributed by atoms with Gasteiger partial charge < -0.3 is 18.8 Å². The van der Waals surface area contributed by atoms with E-state index in [4.69, 9.17) is 13.9 Å². The zero-order chi connectivity index (χ0) is 23.7. The van der Waals surface area contributed by atoms with Gasteiger partial charge in [0.25, 0.3) is 0 Å². The van der Waals surface area contributed by atoms with E-state index < -0.39 is 0 Å². The summed E-state index contributed by atoms with van der Waals surface area (Å²) in [6, 6.07) is 12.3. The highest BCUT2D eigenvalue weighted by atomic mass is 16.5. The number of hydrogen-bond donors (Lipinski definition) is 0. The third kappa shape index (κ3) is 4.20. The molecule has 0 N–H and O–H groups in total. The van der Waals surface area contributed by atoms with Gasteiger partial charge >= 0.3 is 0 Å². The van der Waals surface area contributed by atoms with Crippen LogP contribution in [-0.4, -0.2) is 37.6 Å². The molecule has 2 aromatic carbocycles. The minimum Gasteiger partial charge on any atom is -0.497 e. The fourth-order valence-electron chi connectivity index (χ4n) is 5.77. The topological polar surface area (TPSA) is 51.9 Å². The Morgan fingerprint density at radius 2 is 1.79 bits per heavy atom. The fourth-order valence-corrected chi connectivity index (χ4v) is 5.77. The molecule has 2 fully saturated rings. The van der Waals surface area contributed by atoms with Crippen molar-refractivity contribution in [1.82, 2.24) is 4.90 Å². The van der Waals surface area contributed by atoms with E-state index in [1.165, 1.54) is 25.7 Å². The predicted molar refractivity (Wildman–Crippen MR) is 135 cm³/mol. The second kappa shape index (κ2) is 9.57. The van der Waals surface area contributed by atoms with Crippen molar-refractivity contribution in [3.63, 3.8) is 0 Å². The summed E-state index contributed by atoms with van der Waals surface area (Å²) in [6.45, 7) is 2.86. The van der Waals surface area contributed by atoms with Gasteiger partial charge in [0.2, 0.25) is 5.91 Å². The van der Waals surface area contributed by atoms with E-state index in [1.807, 2.05) is 37.3 Å². The van der Waals surface area contributed by atoms with Crippen LogP contribution < -0.4 is 9.47 Å². The Morgan fingerprint density at radius 3 is 2.56 bits per heavy atom. The smallest absolute Gasteiger partial charge is 0.247 e. The predicted octanol–water partition coefficient (Wildman–Crippen LogP) is 6.70. The second-order valence-corrected chi connectivity index (χ2v) is 9.54. The summed E-state index contributed by atoms with van der Waals surface area (Å²) in [4.78, 5) is 15.5. The largest absolute Gasteiger partial charge is 0.497 e. The molecule has 34 heavy (non-hydrogen) atoms. The Kier molecular flexibility index (Phi) is 6.36. The lowest BCUT2D eigenvalue weighted by Crippen LogP contribution is -2.49. The zero-order valence-corrected chi connectivity index (χ0v) is 20.3. The molecule has 5 heteroatoms. The number of benzene rings is 2. The Hall–Kier alpha value is -3.21. The lowest BCUT2D eigenvalue weighted by Gasteiger charge is -2.43. The second-order valence-electron chi connectivity index (χ2n) is 9.54. The van der Waals surface area contributed by atoms with Gasteiger partial charge in [-0.15, -0.1) is 0 Å². The first-order chi connectivity index (χ1) is 16.6. The van der Waals surface area contributed by atoms with Gasteiger partial charge in [-0.25, -0.2) is 0 Å².